The quantitative estimate of drug-likeness (QED) is 0.359. The summed E-state index contributed by atoms with van der Waals surface area (Å²) >= 11 is 0. The summed E-state index contributed by atoms with van der Waals surface area (Å²) in [5.74, 6) is 0. The summed E-state index contributed by atoms with van der Waals surface area (Å²) in [4.78, 5) is 0. The van der Waals surface area contributed by atoms with Gasteiger partial charge in [-0.05, 0) is 24.7 Å². The van der Waals surface area contributed by atoms with Crippen molar-refractivity contribution < 1.29 is 0 Å². The molecule has 0 aromatic carbocycles. The Labute approximate surface area is 134 Å². The molecule has 0 radical (unpaired) electrons. The summed E-state index contributed by atoms with van der Waals surface area (Å²) in [5.41, 5.74) is 3.01. The summed E-state index contributed by atoms with van der Waals surface area (Å²) in [5, 5.41) is 3.45. The molecule has 0 aromatic heterocycles. The number of hydrogen-bond acceptors (Lipinski definition) is 1. The van der Waals surface area contributed by atoms with Crippen LogP contribution in [0.1, 0.15) is 86.5 Å². The summed E-state index contributed by atoms with van der Waals surface area (Å²) in [6.07, 6.45) is 9.13. The third-order valence-electron chi connectivity index (χ3n) is 4.21. The van der Waals surface area contributed by atoms with Crippen molar-refractivity contribution in [3.63, 3.8) is 0 Å². The van der Waals surface area contributed by atoms with Crippen LogP contribution >= 0.6 is 0 Å². The lowest BCUT2D eigenvalue weighted by molar-refractivity contribution is 0.455. The van der Waals surface area contributed by atoms with Gasteiger partial charge in [-0.3, -0.25) is 0 Å². The number of nitrogens with one attached hydrogen (secondary N) is 1. The van der Waals surface area contributed by atoms with Crippen molar-refractivity contribution in [1.82, 2.24) is 5.32 Å². The molecule has 1 nitrogen and oxygen atoms in total. The van der Waals surface area contributed by atoms with Crippen LogP contribution in [-0.2, 0) is 0 Å². The summed E-state index contributed by atoms with van der Waals surface area (Å²) in [6.45, 7) is 22.8. The van der Waals surface area contributed by atoms with Crippen molar-refractivity contribution in [2.24, 2.45) is 10.8 Å². The highest BCUT2D eigenvalue weighted by Gasteiger charge is 2.14. The van der Waals surface area contributed by atoms with Crippen LogP contribution in [0.25, 0.3) is 0 Å². The lowest BCUT2D eigenvalue weighted by Crippen LogP contribution is -2.24. The zero-order valence-electron chi connectivity index (χ0n) is 15.6. The van der Waals surface area contributed by atoms with Crippen LogP contribution in [-0.4, -0.2) is 6.54 Å². The Hall–Kier alpha value is -0.720. The van der Waals surface area contributed by atoms with Crippen LogP contribution in [0.2, 0.25) is 0 Å². The maximum Gasteiger partial charge on any atom is 0.0143 e. The van der Waals surface area contributed by atoms with Gasteiger partial charge < -0.3 is 5.32 Å². The number of allylic oxidation sites excluding steroid dienone is 2. The van der Waals surface area contributed by atoms with E-state index in [1.54, 1.807) is 0 Å². The van der Waals surface area contributed by atoms with E-state index in [0.29, 0.717) is 0 Å². The van der Waals surface area contributed by atoms with Gasteiger partial charge in [-0.15, -0.1) is 0 Å². The van der Waals surface area contributed by atoms with Crippen LogP contribution in [0.4, 0.5) is 0 Å². The predicted octanol–water partition coefficient (Wildman–Crippen LogP) is 6.47. The molecule has 1 heteroatoms. The minimum Gasteiger partial charge on any atom is -0.388 e. The molecule has 0 unspecified atom stereocenters. The van der Waals surface area contributed by atoms with E-state index in [1.807, 2.05) is 0 Å². The standard InChI is InChI=1S/C20H39N/c1-17(19(3,4)5)15-13-11-9-10-12-14-16-21-18(2)20(6,7)8/h21H,1-2,9-16H2,3-8H3. The molecule has 0 amide bonds. The van der Waals surface area contributed by atoms with E-state index in [1.165, 1.54) is 50.5 Å². The van der Waals surface area contributed by atoms with Crippen molar-refractivity contribution in [3.8, 4) is 0 Å². The van der Waals surface area contributed by atoms with E-state index in [4.69, 9.17) is 0 Å². The number of unbranched alkanes of at least 4 members (excludes halogenated alkanes) is 5. The van der Waals surface area contributed by atoms with E-state index >= 15 is 0 Å². The van der Waals surface area contributed by atoms with Crippen LogP contribution in [0.15, 0.2) is 24.4 Å². The number of rotatable bonds is 10. The molecule has 0 spiro atoms. The monoisotopic (exact) mass is 293 g/mol. The fourth-order valence-electron chi connectivity index (χ4n) is 2.05. The summed E-state index contributed by atoms with van der Waals surface area (Å²) < 4.78 is 0. The first-order valence-corrected chi connectivity index (χ1v) is 8.66. The molecule has 0 heterocycles. The molecule has 1 N–H and O–H groups in total. The van der Waals surface area contributed by atoms with Crippen LogP contribution in [0, 0.1) is 10.8 Å². The summed E-state index contributed by atoms with van der Waals surface area (Å²) in [6, 6.07) is 0. The molecule has 0 bridgehead atoms. The molecule has 0 rings (SSSR count). The smallest absolute Gasteiger partial charge is 0.0143 e. The van der Waals surface area contributed by atoms with Gasteiger partial charge in [0.05, 0.1) is 0 Å². The topological polar surface area (TPSA) is 12.0 Å². The minimum absolute atomic E-state index is 0.176. The molecule has 0 atom stereocenters. The van der Waals surface area contributed by atoms with Gasteiger partial charge in [0.15, 0.2) is 0 Å². The molecule has 0 fully saturated rings. The second kappa shape index (κ2) is 9.33. The van der Waals surface area contributed by atoms with E-state index in [2.05, 4.69) is 60.0 Å². The van der Waals surface area contributed by atoms with E-state index in [0.717, 1.165) is 12.2 Å². The molecule has 124 valence electrons. The predicted molar refractivity (Wildman–Crippen MR) is 97.5 cm³/mol. The molecule has 0 aliphatic heterocycles. The van der Waals surface area contributed by atoms with Crippen molar-refractivity contribution in [1.29, 1.82) is 0 Å². The average molecular weight is 294 g/mol. The lowest BCUT2D eigenvalue weighted by atomic mass is 9.84. The fraction of sp³-hybridized carbons (Fsp3) is 0.800. The largest absolute Gasteiger partial charge is 0.388 e. The second-order valence-corrected chi connectivity index (χ2v) is 8.38. The Kier molecular flexibility index (Phi) is 9.01. The SMILES string of the molecule is C=C(CCCCCCCCNC(=C)C(C)(C)C)C(C)(C)C. The normalized spacial score (nSPS) is 12.3. The van der Waals surface area contributed by atoms with Gasteiger partial charge in [0, 0.05) is 17.7 Å². The molecule has 0 aliphatic carbocycles. The fourth-order valence-corrected chi connectivity index (χ4v) is 2.05. The molecule has 0 saturated heterocycles. The highest BCUT2D eigenvalue weighted by molar-refractivity contribution is 5.04. The Balaban J connectivity index is 3.42. The molecular weight excluding hydrogens is 254 g/mol. The first-order valence-electron chi connectivity index (χ1n) is 8.66. The number of hydrogen-bond donors (Lipinski definition) is 1. The van der Waals surface area contributed by atoms with Gasteiger partial charge in [0.25, 0.3) is 0 Å². The average Bonchev–Trinajstić information content (AvgIpc) is 2.33. The maximum atomic E-state index is 4.20. The van der Waals surface area contributed by atoms with Gasteiger partial charge >= 0.3 is 0 Å². The molecule has 0 aliphatic rings. The van der Waals surface area contributed by atoms with E-state index in [-0.39, 0.29) is 10.8 Å². The lowest BCUT2D eigenvalue weighted by Gasteiger charge is -2.23. The second-order valence-electron chi connectivity index (χ2n) is 8.38. The zero-order chi connectivity index (χ0) is 16.5. The van der Waals surface area contributed by atoms with Crippen molar-refractivity contribution in [2.75, 3.05) is 6.54 Å². The maximum absolute atomic E-state index is 4.20. The molecular formula is C20H39N. The Morgan fingerprint density at radius 3 is 1.67 bits per heavy atom. The summed E-state index contributed by atoms with van der Waals surface area (Å²) in [7, 11) is 0. The van der Waals surface area contributed by atoms with Crippen LogP contribution in [0.5, 0.6) is 0 Å². The third-order valence-corrected chi connectivity index (χ3v) is 4.21. The van der Waals surface area contributed by atoms with Gasteiger partial charge in [-0.1, -0.05) is 86.0 Å². The van der Waals surface area contributed by atoms with Crippen molar-refractivity contribution >= 4 is 0 Å². The molecule has 21 heavy (non-hydrogen) atoms. The van der Waals surface area contributed by atoms with Gasteiger partial charge in [-0.25, -0.2) is 0 Å². The van der Waals surface area contributed by atoms with E-state index in [9.17, 15) is 0 Å². The highest BCUT2D eigenvalue weighted by atomic mass is 14.9. The third kappa shape index (κ3) is 10.6. The van der Waals surface area contributed by atoms with Gasteiger partial charge in [0.1, 0.15) is 0 Å². The Morgan fingerprint density at radius 1 is 0.714 bits per heavy atom. The minimum atomic E-state index is 0.176. The van der Waals surface area contributed by atoms with Gasteiger partial charge in [0.2, 0.25) is 0 Å². The van der Waals surface area contributed by atoms with Crippen LogP contribution < -0.4 is 5.32 Å². The molecule has 0 aromatic rings. The first-order chi connectivity index (χ1) is 9.55. The Bertz CT molecular complexity index is 280. The zero-order valence-corrected chi connectivity index (χ0v) is 15.6. The highest BCUT2D eigenvalue weighted by Crippen LogP contribution is 2.27. The van der Waals surface area contributed by atoms with Crippen molar-refractivity contribution in [2.45, 2.75) is 86.5 Å². The first kappa shape index (κ1) is 20.3. The molecule has 0 saturated carbocycles. The van der Waals surface area contributed by atoms with Crippen molar-refractivity contribution in [3.05, 3.63) is 24.4 Å². The van der Waals surface area contributed by atoms with Gasteiger partial charge in [-0.2, -0.15) is 0 Å². The Morgan fingerprint density at radius 2 is 1.19 bits per heavy atom. The van der Waals surface area contributed by atoms with E-state index < -0.39 is 0 Å². The van der Waals surface area contributed by atoms with Crippen LogP contribution in [0.3, 0.4) is 0 Å².